The first kappa shape index (κ1) is 15.5. The second-order valence-electron chi connectivity index (χ2n) is 5.06. The number of hydrogen-bond acceptors (Lipinski definition) is 5. The Morgan fingerprint density at radius 2 is 2.23 bits per heavy atom. The summed E-state index contributed by atoms with van der Waals surface area (Å²) in [5, 5.41) is 7.30. The van der Waals surface area contributed by atoms with Gasteiger partial charge in [0, 0.05) is 39.0 Å². The molecule has 0 atom stereocenters. The summed E-state index contributed by atoms with van der Waals surface area (Å²) in [7, 11) is 0. The minimum Gasteiger partial charge on any atom is -0.362 e. The maximum atomic E-state index is 12.2. The van der Waals surface area contributed by atoms with Gasteiger partial charge in [-0.05, 0) is 31.4 Å². The van der Waals surface area contributed by atoms with Crippen LogP contribution in [0.2, 0.25) is 0 Å². The zero-order chi connectivity index (χ0) is 15.5. The van der Waals surface area contributed by atoms with E-state index in [1.165, 1.54) is 5.56 Å². The molecule has 3 rings (SSSR count). The number of nitrogens with zero attached hydrogens (tertiary/aromatic N) is 1. The molecule has 0 saturated heterocycles. The minimum absolute atomic E-state index is 0.181. The van der Waals surface area contributed by atoms with Crippen LogP contribution < -0.4 is 0 Å². The number of rotatable bonds is 6. The molecule has 0 saturated carbocycles. The van der Waals surface area contributed by atoms with E-state index in [-0.39, 0.29) is 5.78 Å². The van der Waals surface area contributed by atoms with E-state index in [0.717, 1.165) is 33.4 Å². The van der Waals surface area contributed by atoms with E-state index in [0.29, 0.717) is 5.75 Å². The lowest BCUT2D eigenvalue weighted by atomic mass is 10.2. The highest BCUT2D eigenvalue weighted by molar-refractivity contribution is 7.99. The number of hydrogen-bond donors (Lipinski definition) is 1. The number of carbonyl (C=O) groups excluding carboxylic acids is 1. The standard InChI is InChI=1S/C16H16N2OS3/c1-10-5-14(11(2)17-10)15(19)9-21-7-13-8-22-16(18-13)12-3-4-20-6-12/h3-6,8,17H,7,9H2,1-2H3. The number of aromatic amines is 1. The minimum atomic E-state index is 0.181. The Balaban J connectivity index is 1.55. The Morgan fingerprint density at radius 3 is 2.91 bits per heavy atom. The summed E-state index contributed by atoms with van der Waals surface area (Å²) in [6.07, 6.45) is 0. The number of ketones is 1. The van der Waals surface area contributed by atoms with E-state index in [1.54, 1.807) is 34.4 Å². The van der Waals surface area contributed by atoms with Crippen LogP contribution >= 0.6 is 34.4 Å². The number of carbonyl (C=O) groups is 1. The molecule has 0 aliphatic carbocycles. The van der Waals surface area contributed by atoms with Crippen molar-refractivity contribution in [2.24, 2.45) is 0 Å². The van der Waals surface area contributed by atoms with Gasteiger partial charge in [-0.25, -0.2) is 4.98 Å². The van der Waals surface area contributed by atoms with Crippen molar-refractivity contribution < 1.29 is 4.79 Å². The van der Waals surface area contributed by atoms with E-state index in [1.807, 2.05) is 19.9 Å². The van der Waals surface area contributed by atoms with Crippen LogP contribution in [-0.2, 0) is 5.75 Å². The topological polar surface area (TPSA) is 45.8 Å². The average molecular weight is 349 g/mol. The highest BCUT2D eigenvalue weighted by Crippen LogP contribution is 2.27. The van der Waals surface area contributed by atoms with Gasteiger partial charge in [0.1, 0.15) is 5.01 Å². The van der Waals surface area contributed by atoms with Crippen molar-refractivity contribution in [3.05, 3.63) is 50.9 Å². The zero-order valence-electron chi connectivity index (χ0n) is 12.4. The molecule has 3 nitrogen and oxygen atoms in total. The maximum Gasteiger partial charge on any atom is 0.174 e. The van der Waals surface area contributed by atoms with Crippen LogP contribution in [0.25, 0.3) is 10.6 Å². The Kier molecular flexibility index (Phi) is 4.81. The van der Waals surface area contributed by atoms with E-state index in [2.05, 4.69) is 32.2 Å². The predicted octanol–water partition coefficient (Wildman–Crippen LogP) is 4.93. The van der Waals surface area contributed by atoms with Crippen LogP contribution in [-0.4, -0.2) is 21.5 Å². The van der Waals surface area contributed by atoms with Crippen LogP contribution in [0.5, 0.6) is 0 Å². The fourth-order valence-corrected chi connectivity index (χ4v) is 4.67. The molecule has 0 aliphatic heterocycles. The van der Waals surface area contributed by atoms with Crippen LogP contribution in [0.4, 0.5) is 0 Å². The monoisotopic (exact) mass is 348 g/mol. The first-order chi connectivity index (χ1) is 10.6. The first-order valence-electron chi connectivity index (χ1n) is 6.87. The largest absolute Gasteiger partial charge is 0.362 e. The molecule has 0 spiro atoms. The third-order valence-electron chi connectivity index (χ3n) is 3.25. The fourth-order valence-electron chi connectivity index (χ4n) is 2.23. The number of thiophene rings is 1. The van der Waals surface area contributed by atoms with Crippen molar-refractivity contribution in [3.8, 4) is 10.6 Å². The molecule has 114 valence electrons. The van der Waals surface area contributed by atoms with Crippen LogP contribution in [0.15, 0.2) is 28.3 Å². The van der Waals surface area contributed by atoms with E-state index in [9.17, 15) is 4.79 Å². The molecule has 0 amide bonds. The molecule has 1 N–H and O–H groups in total. The predicted molar refractivity (Wildman–Crippen MR) is 96.2 cm³/mol. The van der Waals surface area contributed by atoms with Crippen molar-refractivity contribution >= 4 is 40.2 Å². The zero-order valence-corrected chi connectivity index (χ0v) is 14.8. The van der Waals surface area contributed by atoms with E-state index >= 15 is 0 Å². The first-order valence-corrected chi connectivity index (χ1v) is 9.85. The van der Waals surface area contributed by atoms with Crippen LogP contribution in [0.1, 0.15) is 27.4 Å². The number of thiazole rings is 1. The second kappa shape index (κ2) is 6.81. The second-order valence-corrected chi connectivity index (χ2v) is 7.69. The molecule has 0 unspecified atom stereocenters. The molecule has 22 heavy (non-hydrogen) atoms. The molecule has 3 aromatic rings. The smallest absolute Gasteiger partial charge is 0.174 e. The van der Waals surface area contributed by atoms with Gasteiger partial charge < -0.3 is 4.98 Å². The van der Waals surface area contributed by atoms with Crippen molar-refractivity contribution in [2.75, 3.05) is 5.75 Å². The van der Waals surface area contributed by atoms with Gasteiger partial charge in [0.2, 0.25) is 0 Å². The van der Waals surface area contributed by atoms with Gasteiger partial charge in [-0.15, -0.1) is 23.1 Å². The van der Waals surface area contributed by atoms with Crippen molar-refractivity contribution in [2.45, 2.75) is 19.6 Å². The van der Waals surface area contributed by atoms with Crippen LogP contribution in [0.3, 0.4) is 0 Å². The van der Waals surface area contributed by atoms with Gasteiger partial charge >= 0.3 is 0 Å². The molecule has 3 aromatic heterocycles. The van der Waals surface area contributed by atoms with Crippen LogP contribution in [0, 0.1) is 13.8 Å². The Bertz CT molecular complexity index is 771. The Labute approximate surface area is 141 Å². The summed E-state index contributed by atoms with van der Waals surface area (Å²) in [5.41, 5.74) is 5.02. The fraction of sp³-hybridized carbons (Fsp3) is 0.250. The molecule has 0 aliphatic rings. The Morgan fingerprint density at radius 1 is 1.36 bits per heavy atom. The van der Waals surface area contributed by atoms with Gasteiger partial charge in [0.05, 0.1) is 11.4 Å². The summed E-state index contributed by atoms with van der Waals surface area (Å²) < 4.78 is 0. The number of nitrogens with one attached hydrogen (secondary N) is 1. The average Bonchev–Trinajstić information content (AvgIpc) is 3.19. The maximum absolute atomic E-state index is 12.2. The number of H-pyrrole nitrogens is 1. The molecule has 6 heteroatoms. The SMILES string of the molecule is Cc1cc(C(=O)CSCc2csc(-c3ccsc3)n2)c(C)[nH]1. The van der Waals surface area contributed by atoms with Gasteiger partial charge in [0.15, 0.2) is 5.78 Å². The normalized spacial score (nSPS) is 11.0. The molecule has 0 fully saturated rings. The number of thioether (sulfide) groups is 1. The van der Waals surface area contributed by atoms with Gasteiger partial charge in [-0.1, -0.05) is 0 Å². The van der Waals surface area contributed by atoms with Gasteiger partial charge in [-0.2, -0.15) is 11.3 Å². The number of Topliss-reactive ketones (excluding diaryl/α,β-unsaturated/α-hetero) is 1. The Hall–Kier alpha value is -1.37. The summed E-state index contributed by atoms with van der Waals surface area (Å²) in [6.45, 7) is 3.91. The third kappa shape index (κ3) is 3.51. The van der Waals surface area contributed by atoms with Crippen molar-refractivity contribution in [3.63, 3.8) is 0 Å². The number of aryl methyl sites for hydroxylation is 2. The number of aromatic nitrogens is 2. The lowest BCUT2D eigenvalue weighted by Crippen LogP contribution is -2.03. The lowest BCUT2D eigenvalue weighted by molar-refractivity contribution is 0.102. The molecule has 0 radical (unpaired) electrons. The molecule has 0 bridgehead atoms. The van der Waals surface area contributed by atoms with E-state index < -0.39 is 0 Å². The molecular weight excluding hydrogens is 332 g/mol. The highest BCUT2D eigenvalue weighted by atomic mass is 32.2. The van der Waals surface area contributed by atoms with Crippen molar-refractivity contribution in [1.29, 1.82) is 0 Å². The summed E-state index contributed by atoms with van der Waals surface area (Å²) in [5.74, 6) is 1.44. The summed E-state index contributed by atoms with van der Waals surface area (Å²) >= 11 is 4.96. The summed E-state index contributed by atoms with van der Waals surface area (Å²) in [6, 6.07) is 4.01. The molecular formula is C16H16N2OS3. The molecule has 0 aromatic carbocycles. The molecule has 3 heterocycles. The van der Waals surface area contributed by atoms with Gasteiger partial charge in [-0.3, -0.25) is 4.79 Å². The van der Waals surface area contributed by atoms with Gasteiger partial charge in [0.25, 0.3) is 0 Å². The quantitative estimate of drug-likeness (QED) is 0.642. The van der Waals surface area contributed by atoms with Crippen molar-refractivity contribution in [1.82, 2.24) is 9.97 Å². The highest BCUT2D eigenvalue weighted by Gasteiger charge is 2.12. The summed E-state index contributed by atoms with van der Waals surface area (Å²) in [4.78, 5) is 20.0. The van der Waals surface area contributed by atoms with E-state index in [4.69, 9.17) is 0 Å². The third-order valence-corrected chi connectivity index (χ3v) is 5.84. The lowest BCUT2D eigenvalue weighted by Gasteiger charge is -1.99.